The van der Waals surface area contributed by atoms with Gasteiger partial charge in [0, 0.05) is 28.5 Å². The predicted molar refractivity (Wildman–Crippen MR) is 111 cm³/mol. The fourth-order valence-electron chi connectivity index (χ4n) is 2.77. The van der Waals surface area contributed by atoms with E-state index in [9.17, 15) is 18.0 Å². The SMILES string of the molecule is O=C(NCCc1ccccc1)c1cnc(Nc2cc(Cl)cc(Cl)c2)cc1C(F)(F)F. The van der Waals surface area contributed by atoms with Crippen molar-refractivity contribution in [1.82, 2.24) is 10.3 Å². The molecule has 0 radical (unpaired) electrons. The molecule has 2 aromatic carbocycles. The number of carbonyl (C=O) groups is 1. The lowest BCUT2D eigenvalue weighted by atomic mass is 10.1. The molecule has 2 N–H and O–H groups in total. The molecule has 3 rings (SSSR count). The summed E-state index contributed by atoms with van der Waals surface area (Å²) in [5.74, 6) is -0.940. The minimum atomic E-state index is -4.74. The summed E-state index contributed by atoms with van der Waals surface area (Å²) < 4.78 is 40.7. The fraction of sp³-hybridized carbons (Fsp3) is 0.143. The molecule has 3 aromatic rings. The van der Waals surface area contributed by atoms with Gasteiger partial charge in [0.25, 0.3) is 5.91 Å². The molecule has 0 aliphatic heterocycles. The van der Waals surface area contributed by atoms with Crippen LogP contribution in [0.2, 0.25) is 10.0 Å². The Morgan fingerprint density at radius 3 is 2.30 bits per heavy atom. The van der Waals surface area contributed by atoms with Crippen LogP contribution in [0.25, 0.3) is 0 Å². The van der Waals surface area contributed by atoms with Crippen molar-refractivity contribution >= 4 is 40.6 Å². The molecule has 4 nitrogen and oxygen atoms in total. The molecule has 0 unspecified atom stereocenters. The molecule has 0 saturated heterocycles. The molecule has 0 saturated carbocycles. The summed E-state index contributed by atoms with van der Waals surface area (Å²) in [6.07, 6.45) is -3.34. The Morgan fingerprint density at radius 2 is 1.67 bits per heavy atom. The molecule has 1 heterocycles. The number of amides is 1. The molecule has 0 fully saturated rings. The van der Waals surface area contributed by atoms with Crippen LogP contribution in [0.5, 0.6) is 0 Å². The van der Waals surface area contributed by atoms with E-state index in [2.05, 4.69) is 15.6 Å². The molecule has 0 aliphatic rings. The summed E-state index contributed by atoms with van der Waals surface area (Å²) in [4.78, 5) is 16.3. The first-order valence-electron chi connectivity index (χ1n) is 8.85. The van der Waals surface area contributed by atoms with Crippen molar-refractivity contribution in [3.63, 3.8) is 0 Å². The van der Waals surface area contributed by atoms with Gasteiger partial charge in [-0.25, -0.2) is 4.98 Å². The molecule has 0 aliphatic carbocycles. The maximum Gasteiger partial charge on any atom is 0.417 e. The Kier molecular flexibility index (Phi) is 6.84. The summed E-state index contributed by atoms with van der Waals surface area (Å²) in [6, 6.07) is 14.6. The van der Waals surface area contributed by atoms with Gasteiger partial charge in [0.2, 0.25) is 0 Å². The van der Waals surface area contributed by atoms with Gasteiger partial charge in [0.1, 0.15) is 5.82 Å². The van der Waals surface area contributed by atoms with Crippen LogP contribution in [-0.2, 0) is 12.6 Å². The quantitative estimate of drug-likeness (QED) is 0.472. The zero-order chi connectivity index (χ0) is 21.7. The first kappa shape index (κ1) is 21.9. The van der Waals surface area contributed by atoms with E-state index in [-0.39, 0.29) is 12.4 Å². The largest absolute Gasteiger partial charge is 0.417 e. The third kappa shape index (κ3) is 5.87. The number of benzene rings is 2. The minimum absolute atomic E-state index is 0.0958. The summed E-state index contributed by atoms with van der Waals surface area (Å²) in [5, 5.41) is 5.86. The second kappa shape index (κ2) is 9.36. The van der Waals surface area contributed by atoms with Crippen LogP contribution < -0.4 is 10.6 Å². The second-order valence-corrected chi connectivity index (χ2v) is 7.26. The highest BCUT2D eigenvalue weighted by Crippen LogP contribution is 2.34. The van der Waals surface area contributed by atoms with E-state index in [0.29, 0.717) is 22.2 Å². The third-order valence-corrected chi connectivity index (χ3v) is 4.57. The first-order chi connectivity index (χ1) is 14.2. The van der Waals surface area contributed by atoms with Gasteiger partial charge in [-0.2, -0.15) is 13.2 Å². The number of nitrogens with one attached hydrogen (secondary N) is 2. The van der Waals surface area contributed by atoms with E-state index in [1.165, 1.54) is 18.2 Å². The van der Waals surface area contributed by atoms with Gasteiger partial charge in [-0.15, -0.1) is 0 Å². The molecule has 1 aromatic heterocycles. The molecule has 0 atom stereocenters. The van der Waals surface area contributed by atoms with Crippen molar-refractivity contribution in [2.75, 3.05) is 11.9 Å². The highest BCUT2D eigenvalue weighted by molar-refractivity contribution is 6.35. The molecule has 30 heavy (non-hydrogen) atoms. The Labute approximate surface area is 181 Å². The molecule has 156 valence electrons. The standard InChI is InChI=1S/C21H16Cl2F3N3O/c22-14-8-15(23)10-16(9-14)29-19-11-18(21(24,25)26)17(12-28-19)20(30)27-7-6-13-4-2-1-3-5-13/h1-5,8-12H,6-7H2,(H,27,30)(H,28,29). The molecule has 0 bridgehead atoms. The predicted octanol–water partition coefficient (Wildman–Crippen LogP) is 6.12. The van der Waals surface area contributed by atoms with E-state index in [1.807, 2.05) is 30.3 Å². The van der Waals surface area contributed by atoms with E-state index in [0.717, 1.165) is 17.8 Å². The number of alkyl halides is 3. The number of carbonyl (C=O) groups excluding carboxylic acids is 1. The van der Waals surface area contributed by atoms with Gasteiger partial charge >= 0.3 is 6.18 Å². The molecular weight excluding hydrogens is 438 g/mol. The highest BCUT2D eigenvalue weighted by atomic mass is 35.5. The van der Waals surface area contributed by atoms with E-state index in [4.69, 9.17) is 23.2 Å². The van der Waals surface area contributed by atoms with Crippen molar-refractivity contribution in [3.05, 3.63) is 87.5 Å². The van der Waals surface area contributed by atoms with Gasteiger partial charge in [-0.1, -0.05) is 53.5 Å². The highest BCUT2D eigenvalue weighted by Gasteiger charge is 2.36. The van der Waals surface area contributed by atoms with E-state index >= 15 is 0 Å². The number of anilines is 2. The van der Waals surface area contributed by atoms with Crippen molar-refractivity contribution in [1.29, 1.82) is 0 Å². The number of nitrogens with zero attached hydrogens (tertiary/aromatic N) is 1. The van der Waals surface area contributed by atoms with Crippen molar-refractivity contribution in [2.24, 2.45) is 0 Å². The van der Waals surface area contributed by atoms with Crippen molar-refractivity contribution < 1.29 is 18.0 Å². The molecule has 1 amide bonds. The smallest absolute Gasteiger partial charge is 0.352 e. The van der Waals surface area contributed by atoms with Gasteiger partial charge in [0.15, 0.2) is 0 Å². The summed E-state index contributed by atoms with van der Waals surface area (Å²) in [6.45, 7) is 0.196. The first-order valence-corrected chi connectivity index (χ1v) is 9.60. The monoisotopic (exact) mass is 453 g/mol. The fourth-order valence-corrected chi connectivity index (χ4v) is 3.30. The van der Waals surface area contributed by atoms with Crippen LogP contribution in [-0.4, -0.2) is 17.4 Å². The van der Waals surface area contributed by atoms with Crippen LogP contribution in [0.1, 0.15) is 21.5 Å². The van der Waals surface area contributed by atoms with Crippen LogP contribution >= 0.6 is 23.2 Å². The Bertz CT molecular complexity index is 1020. The average Bonchev–Trinajstić information content (AvgIpc) is 2.67. The zero-order valence-electron chi connectivity index (χ0n) is 15.4. The Hall–Kier alpha value is -2.77. The van der Waals surface area contributed by atoms with E-state index < -0.39 is 23.2 Å². The lowest BCUT2D eigenvalue weighted by Crippen LogP contribution is -2.28. The zero-order valence-corrected chi connectivity index (χ0v) is 16.9. The minimum Gasteiger partial charge on any atom is -0.352 e. The molecule has 0 spiro atoms. The van der Waals surface area contributed by atoms with Gasteiger partial charge in [-0.3, -0.25) is 4.79 Å². The lowest BCUT2D eigenvalue weighted by molar-refractivity contribution is -0.137. The number of rotatable bonds is 6. The average molecular weight is 454 g/mol. The van der Waals surface area contributed by atoms with Gasteiger partial charge in [0.05, 0.1) is 11.1 Å². The number of halogens is 5. The molecular formula is C21H16Cl2F3N3O. The van der Waals surface area contributed by atoms with Gasteiger partial charge < -0.3 is 10.6 Å². The van der Waals surface area contributed by atoms with Crippen LogP contribution in [0, 0.1) is 0 Å². The second-order valence-electron chi connectivity index (χ2n) is 6.39. The number of aromatic nitrogens is 1. The number of hydrogen-bond acceptors (Lipinski definition) is 3. The van der Waals surface area contributed by atoms with Crippen molar-refractivity contribution in [3.8, 4) is 0 Å². The third-order valence-electron chi connectivity index (χ3n) is 4.13. The summed E-state index contributed by atoms with van der Waals surface area (Å²) in [5.41, 5.74) is -0.310. The summed E-state index contributed by atoms with van der Waals surface area (Å²) >= 11 is 11.8. The topological polar surface area (TPSA) is 54.0 Å². The number of pyridine rings is 1. The van der Waals surface area contributed by atoms with Crippen LogP contribution in [0.4, 0.5) is 24.7 Å². The maximum atomic E-state index is 13.6. The number of hydrogen-bond donors (Lipinski definition) is 2. The van der Waals surface area contributed by atoms with Crippen molar-refractivity contribution in [2.45, 2.75) is 12.6 Å². The Morgan fingerprint density at radius 1 is 1.00 bits per heavy atom. The summed E-state index contributed by atoms with van der Waals surface area (Å²) in [7, 11) is 0. The maximum absolute atomic E-state index is 13.6. The Balaban J connectivity index is 1.77. The normalized spacial score (nSPS) is 11.2. The molecule has 9 heteroatoms. The van der Waals surface area contributed by atoms with Crippen LogP contribution in [0.15, 0.2) is 60.8 Å². The van der Waals surface area contributed by atoms with E-state index in [1.54, 1.807) is 0 Å². The van der Waals surface area contributed by atoms with Crippen LogP contribution in [0.3, 0.4) is 0 Å². The lowest BCUT2D eigenvalue weighted by Gasteiger charge is -2.15. The van der Waals surface area contributed by atoms with Gasteiger partial charge in [-0.05, 0) is 36.2 Å².